The molecule has 0 aromatic heterocycles. The van der Waals surface area contributed by atoms with Crippen molar-refractivity contribution in [2.45, 2.75) is 72.4 Å². The Morgan fingerprint density at radius 1 is 1.30 bits per heavy atom. The van der Waals surface area contributed by atoms with Crippen molar-refractivity contribution < 1.29 is 33.6 Å². The van der Waals surface area contributed by atoms with E-state index in [1.807, 2.05) is 13.0 Å². The fourth-order valence-corrected chi connectivity index (χ4v) is 5.50. The summed E-state index contributed by atoms with van der Waals surface area (Å²) in [6.07, 6.45) is 11.6. The van der Waals surface area contributed by atoms with Gasteiger partial charge in [0.1, 0.15) is 6.10 Å². The molecule has 1 amide bonds. The quantitative estimate of drug-likeness (QED) is 0.219. The normalized spacial score (nSPS) is 28.1. The van der Waals surface area contributed by atoms with Crippen molar-refractivity contribution in [1.29, 1.82) is 0 Å². The third-order valence-electron chi connectivity index (χ3n) is 6.75. The van der Waals surface area contributed by atoms with Gasteiger partial charge in [-0.15, -0.1) is 0 Å². The number of hydrogen-bond acceptors (Lipinski definition) is 4. The Hall–Kier alpha value is -1.99. The minimum atomic E-state index is -4.94. The predicted octanol–water partition coefficient (Wildman–Crippen LogP) is 4.28. The minimum absolute atomic E-state index is 0.146. The lowest BCUT2D eigenvalue weighted by molar-refractivity contribution is -0.173. The SMILES string of the molecule is CC1=C(/C=C/C(C)=C/C=C/C(C)C2C(=O)NC2(C(=O)O)C(C)OP(=O)(O)O)C(C)(C)CCC1. The molecule has 1 aliphatic heterocycles. The summed E-state index contributed by atoms with van der Waals surface area (Å²) in [5.41, 5.74) is 1.99. The maximum absolute atomic E-state index is 12.2. The van der Waals surface area contributed by atoms with Crippen LogP contribution in [0.4, 0.5) is 0 Å². The molecule has 0 aromatic carbocycles. The molecule has 33 heavy (non-hydrogen) atoms. The number of carboxylic acid groups (broad SMARTS) is 1. The van der Waals surface area contributed by atoms with Crippen molar-refractivity contribution in [3.63, 3.8) is 0 Å². The average Bonchev–Trinajstić information content (AvgIpc) is 2.62. The molecule has 4 atom stereocenters. The van der Waals surface area contributed by atoms with E-state index in [0.717, 1.165) is 18.4 Å². The van der Waals surface area contributed by atoms with Gasteiger partial charge >= 0.3 is 13.8 Å². The summed E-state index contributed by atoms with van der Waals surface area (Å²) in [4.78, 5) is 42.4. The number of carbonyl (C=O) groups is 2. The summed E-state index contributed by atoms with van der Waals surface area (Å²) < 4.78 is 15.8. The standard InChI is InChI=1S/C24H36NO7P/c1-15(12-13-19-16(2)11-8-14-23(19,5)6)9-7-10-17(3)20-21(26)25-24(20,22(27)28)18(4)32-33(29,30)31/h7,9-10,12-13,17-18,20H,8,11,14H2,1-6H3,(H,25,26)(H,27,28)(H2,29,30,31)/b10-7+,13-12+,15-9+. The third-order valence-corrected chi connectivity index (χ3v) is 7.34. The smallest absolute Gasteiger partial charge is 0.469 e. The molecule has 9 heteroatoms. The lowest BCUT2D eigenvalue weighted by Gasteiger charge is -2.50. The summed E-state index contributed by atoms with van der Waals surface area (Å²) in [7, 11) is -4.94. The first kappa shape index (κ1) is 27.3. The second-order valence-electron chi connectivity index (χ2n) is 9.80. The molecule has 184 valence electrons. The Morgan fingerprint density at radius 3 is 2.45 bits per heavy atom. The number of nitrogens with one attached hydrogen (secondary N) is 1. The van der Waals surface area contributed by atoms with Crippen molar-refractivity contribution in [1.82, 2.24) is 5.32 Å². The van der Waals surface area contributed by atoms with E-state index < -0.39 is 43.2 Å². The molecule has 1 fully saturated rings. The Labute approximate surface area is 195 Å². The van der Waals surface area contributed by atoms with E-state index in [2.05, 4.69) is 42.8 Å². The van der Waals surface area contributed by atoms with Crippen LogP contribution in [0.3, 0.4) is 0 Å². The van der Waals surface area contributed by atoms with Crippen LogP contribution in [-0.2, 0) is 18.7 Å². The summed E-state index contributed by atoms with van der Waals surface area (Å²) >= 11 is 0. The highest BCUT2D eigenvalue weighted by Gasteiger charge is 2.65. The molecule has 0 saturated carbocycles. The van der Waals surface area contributed by atoms with Gasteiger partial charge in [-0.1, -0.05) is 62.3 Å². The second kappa shape index (κ2) is 10.1. The van der Waals surface area contributed by atoms with Crippen molar-refractivity contribution in [2.75, 3.05) is 0 Å². The van der Waals surface area contributed by atoms with Crippen LogP contribution in [0.25, 0.3) is 0 Å². The molecule has 0 radical (unpaired) electrons. The molecule has 2 rings (SSSR count). The van der Waals surface area contributed by atoms with Gasteiger partial charge < -0.3 is 20.2 Å². The summed E-state index contributed by atoms with van der Waals surface area (Å²) in [6, 6.07) is 0. The molecular formula is C24H36NO7P. The first-order valence-electron chi connectivity index (χ1n) is 11.1. The van der Waals surface area contributed by atoms with Crippen LogP contribution in [-0.4, -0.2) is 38.4 Å². The van der Waals surface area contributed by atoms with E-state index in [4.69, 9.17) is 9.79 Å². The number of phosphoric ester groups is 1. The minimum Gasteiger partial charge on any atom is -0.479 e. The number of carboxylic acids is 1. The van der Waals surface area contributed by atoms with E-state index in [1.54, 1.807) is 19.1 Å². The summed E-state index contributed by atoms with van der Waals surface area (Å²) in [5, 5.41) is 12.1. The predicted molar refractivity (Wildman–Crippen MR) is 126 cm³/mol. The average molecular weight is 482 g/mol. The van der Waals surface area contributed by atoms with Crippen LogP contribution in [0.2, 0.25) is 0 Å². The maximum Gasteiger partial charge on any atom is 0.469 e. The Bertz CT molecular complexity index is 956. The largest absolute Gasteiger partial charge is 0.479 e. The van der Waals surface area contributed by atoms with Crippen molar-refractivity contribution >= 4 is 19.7 Å². The van der Waals surface area contributed by atoms with Crippen LogP contribution < -0.4 is 5.32 Å². The van der Waals surface area contributed by atoms with Gasteiger partial charge in [0.05, 0.1) is 5.92 Å². The number of amides is 1. The van der Waals surface area contributed by atoms with E-state index in [1.165, 1.54) is 24.5 Å². The van der Waals surface area contributed by atoms with Crippen molar-refractivity contribution in [2.24, 2.45) is 17.3 Å². The monoisotopic (exact) mass is 481 g/mol. The molecular weight excluding hydrogens is 445 g/mol. The second-order valence-corrected chi connectivity index (χ2v) is 11.0. The van der Waals surface area contributed by atoms with Crippen LogP contribution >= 0.6 is 7.82 Å². The number of allylic oxidation sites excluding steroid dienone is 8. The van der Waals surface area contributed by atoms with Gasteiger partial charge in [-0.25, -0.2) is 9.36 Å². The number of β-lactam (4-membered cyclic amide) rings is 1. The van der Waals surface area contributed by atoms with E-state index in [-0.39, 0.29) is 5.41 Å². The van der Waals surface area contributed by atoms with Gasteiger partial charge in [0.2, 0.25) is 5.91 Å². The van der Waals surface area contributed by atoms with Crippen LogP contribution in [0, 0.1) is 17.3 Å². The fraction of sp³-hybridized carbons (Fsp3) is 0.583. The van der Waals surface area contributed by atoms with E-state index in [9.17, 15) is 19.3 Å². The summed E-state index contributed by atoms with van der Waals surface area (Å²) in [5.74, 6) is -3.44. The first-order valence-corrected chi connectivity index (χ1v) is 12.7. The molecule has 1 saturated heterocycles. The lowest BCUT2D eigenvalue weighted by atomic mass is 9.66. The molecule has 1 aliphatic carbocycles. The molecule has 2 aliphatic rings. The summed E-state index contributed by atoms with van der Waals surface area (Å²) in [6.45, 7) is 11.6. The zero-order valence-electron chi connectivity index (χ0n) is 20.2. The highest BCUT2D eigenvalue weighted by Crippen LogP contribution is 2.46. The van der Waals surface area contributed by atoms with Gasteiger partial charge in [-0.3, -0.25) is 9.32 Å². The maximum atomic E-state index is 12.2. The molecule has 1 heterocycles. The molecule has 0 bridgehead atoms. The van der Waals surface area contributed by atoms with Gasteiger partial charge in [0, 0.05) is 0 Å². The van der Waals surface area contributed by atoms with Crippen LogP contribution in [0.15, 0.2) is 47.1 Å². The fourth-order valence-electron chi connectivity index (χ4n) is 4.92. The topological polar surface area (TPSA) is 133 Å². The Morgan fingerprint density at radius 2 is 1.94 bits per heavy atom. The highest BCUT2D eigenvalue weighted by atomic mass is 31.2. The van der Waals surface area contributed by atoms with E-state index in [0.29, 0.717) is 0 Å². The van der Waals surface area contributed by atoms with Gasteiger partial charge in [0.15, 0.2) is 5.54 Å². The lowest BCUT2D eigenvalue weighted by Crippen LogP contribution is -2.79. The van der Waals surface area contributed by atoms with Crippen LogP contribution in [0.5, 0.6) is 0 Å². The molecule has 0 aromatic rings. The Balaban J connectivity index is 2.17. The van der Waals surface area contributed by atoms with Gasteiger partial charge in [-0.05, 0) is 56.9 Å². The van der Waals surface area contributed by atoms with Crippen LogP contribution in [0.1, 0.15) is 60.8 Å². The third kappa shape index (κ3) is 6.12. The van der Waals surface area contributed by atoms with Gasteiger partial charge in [0.25, 0.3) is 0 Å². The first-order chi connectivity index (χ1) is 15.1. The van der Waals surface area contributed by atoms with Gasteiger partial charge in [-0.2, -0.15) is 0 Å². The number of rotatable bonds is 9. The number of carbonyl (C=O) groups excluding carboxylic acids is 1. The molecule has 4 unspecified atom stereocenters. The Kier molecular flexibility index (Phi) is 8.34. The molecule has 0 spiro atoms. The molecule has 8 nitrogen and oxygen atoms in total. The molecule has 4 N–H and O–H groups in total. The zero-order chi connectivity index (χ0) is 25.2. The van der Waals surface area contributed by atoms with E-state index >= 15 is 0 Å². The highest BCUT2D eigenvalue weighted by molar-refractivity contribution is 7.46. The van der Waals surface area contributed by atoms with Crippen molar-refractivity contribution in [3.8, 4) is 0 Å². The van der Waals surface area contributed by atoms with Crippen molar-refractivity contribution in [3.05, 3.63) is 47.1 Å². The zero-order valence-corrected chi connectivity index (χ0v) is 21.1. The number of hydrogen-bond donors (Lipinski definition) is 4. The number of aliphatic carboxylic acids is 1. The number of phosphoric acid groups is 1.